The number of amides is 3. The minimum Gasteiger partial charge on any atom is -0.508 e. The van der Waals surface area contributed by atoms with E-state index in [4.69, 9.17) is 4.74 Å². The number of nitrogens with one attached hydrogen (secondary N) is 2. The molecule has 3 N–H and O–H groups in total. The molecule has 1 aliphatic heterocycles. The fourth-order valence-corrected chi connectivity index (χ4v) is 4.44. The smallest absolute Gasteiger partial charge is 0.408 e. The molecule has 188 valence electrons. The van der Waals surface area contributed by atoms with Gasteiger partial charge in [0.1, 0.15) is 23.9 Å². The molecule has 1 saturated heterocycles. The first-order valence-electron chi connectivity index (χ1n) is 11.8. The van der Waals surface area contributed by atoms with E-state index < -0.39 is 23.6 Å². The molecule has 36 heavy (non-hydrogen) atoms. The van der Waals surface area contributed by atoms with Crippen molar-refractivity contribution in [2.24, 2.45) is 0 Å². The molecule has 3 amide bonds. The van der Waals surface area contributed by atoms with Crippen LogP contribution in [0.4, 0.5) is 10.5 Å². The summed E-state index contributed by atoms with van der Waals surface area (Å²) in [7, 11) is 0. The number of fused-ring (bicyclic) bond motifs is 1. The second kappa shape index (κ2) is 10.2. The molecule has 0 aliphatic carbocycles. The number of aromatic nitrogens is 1. The molecular weight excluding hydrogens is 460 g/mol. The van der Waals surface area contributed by atoms with Crippen LogP contribution in [0.15, 0.2) is 60.8 Å². The van der Waals surface area contributed by atoms with Gasteiger partial charge in [-0.25, -0.2) is 4.79 Å². The molecule has 0 spiro atoms. The fourth-order valence-electron chi connectivity index (χ4n) is 4.44. The molecule has 9 nitrogen and oxygen atoms in total. The third-order valence-corrected chi connectivity index (χ3v) is 5.98. The molecular formula is C27H30N4O5. The number of rotatable bonds is 5. The van der Waals surface area contributed by atoms with Crippen LogP contribution in [0.1, 0.15) is 38.7 Å². The molecule has 9 heteroatoms. The molecule has 1 aromatic heterocycles. The summed E-state index contributed by atoms with van der Waals surface area (Å²) < 4.78 is 5.22. The molecule has 4 rings (SSSR count). The number of carbonyl (C=O) groups is 3. The second-order valence-corrected chi connectivity index (χ2v) is 9.74. The van der Waals surface area contributed by atoms with Gasteiger partial charge in [0.05, 0.1) is 11.2 Å². The third kappa shape index (κ3) is 5.73. The maximum atomic E-state index is 13.7. The highest BCUT2D eigenvalue weighted by atomic mass is 16.6. The van der Waals surface area contributed by atoms with Crippen LogP contribution in [0.25, 0.3) is 10.9 Å². The lowest BCUT2D eigenvalue weighted by Gasteiger charge is -2.28. The average molecular weight is 491 g/mol. The van der Waals surface area contributed by atoms with Crippen molar-refractivity contribution in [3.8, 4) is 5.75 Å². The standard InChI is InChI=1S/C27H30N4O5/c1-27(2,3)36-26(35)29-16-22(33)31-15-13-20(17-9-11-19(32)12-10-17)24(31)25(34)30-21-8-4-6-18-7-5-14-28-23(18)21/h4-12,14,20,24,32H,13,15-16H2,1-3H3,(H,29,35)(H,30,34). The quantitative estimate of drug-likeness (QED) is 0.500. The lowest BCUT2D eigenvalue weighted by atomic mass is 9.91. The van der Waals surface area contributed by atoms with Gasteiger partial charge in [-0.3, -0.25) is 14.6 Å². The number of nitrogens with zero attached hydrogens (tertiary/aromatic N) is 2. The monoisotopic (exact) mass is 490 g/mol. The average Bonchev–Trinajstić information content (AvgIpc) is 3.28. The van der Waals surface area contributed by atoms with E-state index in [0.29, 0.717) is 24.2 Å². The van der Waals surface area contributed by atoms with Gasteiger partial charge in [0.15, 0.2) is 0 Å². The van der Waals surface area contributed by atoms with Crippen LogP contribution in [0.2, 0.25) is 0 Å². The van der Waals surface area contributed by atoms with E-state index in [1.54, 1.807) is 57.3 Å². The van der Waals surface area contributed by atoms with E-state index in [2.05, 4.69) is 15.6 Å². The molecule has 2 unspecified atom stereocenters. The van der Waals surface area contributed by atoms with Gasteiger partial charge in [-0.2, -0.15) is 0 Å². The summed E-state index contributed by atoms with van der Waals surface area (Å²) in [6.07, 6.45) is 1.51. The van der Waals surface area contributed by atoms with Crippen molar-refractivity contribution < 1.29 is 24.2 Å². The lowest BCUT2D eigenvalue weighted by Crippen LogP contribution is -2.49. The Morgan fingerprint density at radius 2 is 1.81 bits per heavy atom. The minimum atomic E-state index is -0.818. The van der Waals surface area contributed by atoms with Crippen molar-refractivity contribution in [1.82, 2.24) is 15.2 Å². The van der Waals surface area contributed by atoms with E-state index in [9.17, 15) is 19.5 Å². The molecule has 0 radical (unpaired) electrons. The fraction of sp³-hybridized carbons (Fsp3) is 0.333. The van der Waals surface area contributed by atoms with E-state index in [0.717, 1.165) is 10.9 Å². The van der Waals surface area contributed by atoms with Crippen molar-refractivity contribution in [1.29, 1.82) is 0 Å². The zero-order valence-corrected chi connectivity index (χ0v) is 20.5. The molecule has 0 bridgehead atoms. The number of hydrogen-bond donors (Lipinski definition) is 3. The Hall–Kier alpha value is -4.14. The molecule has 2 atom stereocenters. The Morgan fingerprint density at radius 1 is 1.08 bits per heavy atom. The number of carbonyl (C=O) groups excluding carboxylic acids is 3. The summed E-state index contributed by atoms with van der Waals surface area (Å²) in [5.41, 5.74) is 1.34. The molecule has 1 aliphatic rings. The first-order chi connectivity index (χ1) is 17.1. The Labute approximate surface area is 209 Å². The van der Waals surface area contributed by atoms with Crippen molar-refractivity contribution >= 4 is 34.5 Å². The predicted octanol–water partition coefficient (Wildman–Crippen LogP) is 3.79. The summed E-state index contributed by atoms with van der Waals surface area (Å²) in [6, 6.07) is 15.1. The van der Waals surface area contributed by atoms with Gasteiger partial charge in [0.25, 0.3) is 0 Å². The zero-order chi connectivity index (χ0) is 25.9. The number of aromatic hydroxyl groups is 1. The van der Waals surface area contributed by atoms with Crippen LogP contribution in [-0.4, -0.2) is 57.6 Å². The largest absolute Gasteiger partial charge is 0.508 e. The normalized spacial score (nSPS) is 17.6. The Morgan fingerprint density at radius 3 is 2.53 bits per heavy atom. The van der Waals surface area contributed by atoms with Gasteiger partial charge in [-0.05, 0) is 57.0 Å². The topological polar surface area (TPSA) is 121 Å². The summed E-state index contributed by atoms with van der Waals surface area (Å²) in [6.45, 7) is 5.25. The van der Waals surface area contributed by atoms with Gasteiger partial charge < -0.3 is 25.4 Å². The van der Waals surface area contributed by atoms with E-state index in [1.165, 1.54) is 4.90 Å². The number of phenolic OH excluding ortho intramolecular Hbond substituents is 1. The number of anilines is 1. The van der Waals surface area contributed by atoms with Crippen LogP contribution < -0.4 is 10.6 Å². The number of alkyl carbamates (subject to hydrolysis) is 1. The molecule has 2 aromatic carbocycles. The lowest BCUT2D eigenvalue weighted by molar-refractivity contribution is -0.136. The summed E-state index contributed by atoms with van der Waals surface area (Å²) in [5, 5.41) is 16.0. The SMILES string of the molecule is CC(C)(C)OC(=O)NCC(=O)N1CCC(c2ccc(O)cc2)C1C(=O)Nc1cccc2cccnc12. The van der Waals surface area contributed by atoms with Crippen molar-refractivity contribution in [2.75, 3.05) is 18.4 Å². The van der Waals surface area contributed by atoms with Gasteiger partial charge in [-0.15, -0.1) is 0 Å². The second-order valence-electron chi connectivity index (χ2n) is 9.74. The molecule has 3 aromatic rings. The maximum absolute atomic E-state index is 13.7. The number of hydrogen-bond acceptors (Lipinski definition) is 6. The molecule has 1 fully saturated rings. The highest BCUT2D eigenvalue weighted by Crippen LogP contribution is 2.35. The van der Waals surface area contributed by atoms with Crippen molar-refractivity contribution in [3.05, 3.63) is 66.4 Å². The van der Waals surface area contributed by atoms with E-state index in [-0.39, 0.29) is 24.1 Å². The van der Waals surface area contributed by atoms with Crippen LogP contribution in [0.3, 0.4) is 0 Å². The molecule has 2 heterocycles. The summed E-state index contributed by atoms with van der Waals surface area (Å²) in [4.78, 5) is 44.8. The number of phenols is 1. The van der Waals surface area contributed by atoms with Crippen molar-refractivity contribution in [2.45, 2.75) is 44.8 Å². The first kappa shape index (κ1) is 25.0. The van der Waals surface area contributed by atoms with E-state index in [1.807, 2.05) is 24.3 Å². The van der Waals surface area contributed by atoms with Crippen molar-refractivity contribution in [3.63, 3.8) is 0 Å². The number of likely N-dealkylation sites (tertiary alicyclic amines) is 1. The van der Waals surface area contributed by atoms with Gasteiger partial charge >= 0.3 is 6.09 Å². The number of benzene rings is 2. The highest BCUT2D eigenvalue weighted by Gasteiger charge is 2.42. The third-order valence-electron chi connectivity index (χ3n) is 5.98. The number of para-hydroxylation sites is 1. The van der Waals surface area contributed by atoms with Gasteiger partial charge in [-0.1, -0.05) is 30.3 Å². The number of pyridine rings is 1. The van der Waals surface area contributed by atoms with E-state index >= 15 is 0 Å². The Kier molecular flexibility index (Phi) is 7.10. The zero-order valence-electron chi connectivity index (χ0n) is 20.5. The highest BCUT2D eigenvalue weighted by molar-refractivity contribution is 6.04. The Balaban J connectivity index is 1.57. The predicted molar refractivity (Wildman–Crippen MR) is 136 cm³/mol. The number of ether oxygens (including phenoxy) is 1. The van der Waals surface area contributed by atoms with Crippen LogP contribution in [0, 0.1) is 0 Å². The summed E-state index contributed by atoms with van der Waals surface area (Å²) >= 11 is 0. The van der Waals surface area contributed by atoms with Crippen LogP contribution in [0.5, 0.6) is 5.75 Å². The van der Waals surface area contributed by atoms with Crippen LogP contribution >= 0.6 is 0 Å². The maximum Gasteiger partial charge on any atom is 0.408 e. The molecule has 0 saturated carbocycles. The first-order valence-corrected chi connectivity index (χ1v) is 11.8. The minimum absolute atomic E-state index is 0.120. The van der Waals surface area contributed by atoms with Gasteiger partial charge in [0.2, 0.25) is 11.8 Å². The van der Waals surface area contributed by atoms with Gasteiger partial charge in [0, 0.05) is 24.0 Å². The van der Waals surface area contributed by atoms with Crippen LogP contribution in [-0.2, 0) is 14.3 Å². The summed E-state index contributed by atoms with van der Waals surface area (Å²) in [5.74, 6) is -0.916. The Bertz CT molecular complexity index is 1260.